The van der Waals surface area contributed by atoms with Crippen LogP contribution in [0.25, 0.3) is 5.57 Å². The van der Waals surface area contributed by atoms with Gasteiger partial charge in [0.25, 0.3) is 0 Å². The number of benzene rings is 2. The van der Waals surface area contributed by atoms with Crippen LogP contribution in [-0.4, -0.2) is 57.1 Å². The van der Waals surface area contributed by atoms with Crippen molar-refractivity contribution in [3.05, 3.63) is 70.3 Å². The van der Waals surface area contributed by atoms with Crippen LogP contribution in [0.2, 0.25) is 0 Å². The van der Waals surface area contributed by atoms with Gasteiger partial charge in [0.2, 0.25) is 0 Å². The molecule has 1 heterocycles. The van der Waals surface area contributed by atoms with E-state index < -0.39 is 18.8 Å². The molecule has 0 spiro atoms. The van der Waals surface area contributed by atoms with Gasteiger partial charge < -0.3 is 14.8 Å². The molecule has 2 aromatic rings. The van der Waals surface area contributed by atoms with Gasteiger partial charge in [-0.1, -0.05) is 30.3 Å². The molecule has 0 saturated carbocycles. The number of ether oxygens (including phenoxy) is 2. The van der Waals surface area contributed by atoms with Gasteiger partial charge >= 0.3 is 6.18 Å². The minimum absolute atomic E-state index is 0.291. The summed E-state index contributed by atoms with van der Waals surface area (Å²) in [5.74, 6) is 0.597. The van der Waals surface area contributed by atoms with Crippen LogP contribution in [0.15, 0.2) is 48.0 Å². The minimum Gasteiger partial charge on any atom is -0.492 e. The zero-order valence-electron chi connectivity index (χ0n) is 20.8. The number of hydrogen-bond acceptors (Lipinski definition) is 4. The van der Waals surface area contributed by atoms with Crippen LogP contribution in [0.4, 0.5) is 17.6 Å². The van der Waals surface area contributed by atoms with E-state index in [9.17, 15) is 17.6 Å². The van der Waals surface area contributed by atoms with Crippen molar-refractivity contribution < 1.29 is 27.0 Å². The van der Waals surface area contributed by atoms with Crippen molar-refractivity contribution in [2.24, 2.45) is 0 Å². The zero-order chi connectivity index (χ0) is 25.7. The van der Waals surface area contributed by atoms with E-state index in [0.717, 1.165) is 33.4 Å². The molecule has 8 heteroatoms. The third kappa shape index (κ3) is 6.10. The minimum atomic E-state index is -4.32. The van der Waals surface area contributed by atoms with E-state index in [1.807, 2.05) is 37.3 Å². The lowest BCUT2D eigenvalue weighted by Crippen LogP contribution is -2.46. The number of hydrogen-bond donors (Lipinski definition) is 1. The Bertz CT molecular complexity index is 1070. The highest BCUT2D eigenvalue weighted by molar-refractivity contribution is 5.79. The smallest absolute Gasteiger partial charge is 0.401 e. The molecule has 2 aliphatic rings. The zero-order valence-corrected chi connectivity index (χ0v) is 20.8. The largest absolute Gasteiger partial charge is 0.492 e. The molecule has 1 aliphatic heterocycles. The van der Waals surface area contributed by atoms with E-state index >= 15 is 0 Å². The molecule has 1 aliphatic carbocycles. The van der Waals surface area contributed by atoms with E-state index in [-0.39, 0.29) is 12.7 Å². The molecule has 0 radical (unpaired) electrons. The summed E-state index contributed by atoms with van der Waals surface area (Å²) in [6.45, 7) is 2.32. The number of alkyl halides is 4. The highest BCUT2D eigenvalue weighted by Crippen LogP contribution is 2.50. The molecule has 0 unspecified atom stereocenters. The maximum atomic E-state index is 13.8. The van der Waals surface area contributed by atoms with Gasteiger partial charge in [-0.05, 0) is 78.3 Å². The molecule has 2 atom stereocenters. The fraction of sp³-hybridized carbons (Fsp3) is 0.500. The quantitative estimate of drug-likeness (QED) is 0.305. The van der Waals surface area contributed by atoms with E-state index in [0.29, 0.717) is 51.3 Å². The average molecular weight is 507 g/mol. The Kier molecular flexibility index (Phi) is 8.70. The highest BCUT2D eigenvalue weighted by atomic mass is 19.4. The molecule has 0 fully saturated rings. The second kappa shape index (κ2) is 11.8. The van der Waals surface area contributed by atoms with Gasteiger partial charge in [-0.25, -0.2) is 0 Å². The van der Waals surface area contributed by atoms with Gasteiger partial charge in [0.05, 0.1) is 25.9 Å². The second-order valence-corrected chi connectivity index (χ2v) is 9.52. The number of fused-ring (bicyclic) bond motifs is 2. The lowest BCUT2D eigenvalue weighted by molar-refractivity contribution is -0.155. The molecule has 0 amide bonds. The summed E-state index contributed by atoms with van der Waals surface area (Å²) in [7, 11) is 1.59. The van der Waals surface area contributed by atoms with E-state index in [2.05, 4.69) is 17.4 Å². The van der Waals surface area contributed by atoms with Crippen LogP contribution in [0, 0.1) is 0 Å². The lowest BCUT2D eigenvalue weighted by Gasteiger charge is -2.43. The standard InChI is InChI=1S/C28H34F4N2O2/c1-19-14-25-23-7-4-3-6-20(23)15-26(25)27(34(19)18-28(30,31)32)24-16-22(9-8-21(24)17-35-2)36-13-12-33-11-5-10-29/h3-4,6-9,16,19,27,33H,5,10-15,17-18H2,1-2H3/t19-,27-/m1/s1. The monoisotopic (exact) mass is 506 g/mol. The fourth-order valence-electron chi connectivity index (χ4n) is 5.41. The molecule has 4 rings (SSSR count). The summed E-state index contributed by atoms with van der Waals surface area (Å²) in [6, 6.07) is 12.9. The van der Waals surface area contributed by atoms with Crippen LogP contribution in [0.3, 0.4) is 0 Å². The van der Waals surface area contributed by atoms with Crippen molar-refractivity contribution in [3.63, 3.8) is 0 Å². The van der Waals surface area contributed by atoms with E-state index in [1.54, 1.807) is 12.0 Å². The Labute approximate surface area is 210 Å². The summed E-state index contributed by atoms with van der Waals surface area (Å²) in [5.41, 5.74) is 6.13. The Morgan fingerprint density at radius 1 is 1.11 bits per heavy atom. The van der Waals surface area contributed by atoms with Gasteiger partial charge in [-0.2, -0.15) is 13.2 Å². The Balaban J connectivity index is 1.70. The molecule has 196 valence electrons. The molecule has 0 aromatic heterocycles. The molecule has 0 saturated heterocycles. The third-order valence-electron chi connectivity index (χ3n) is 6.95. The predicted molar refractivity (Wildman–Crippen MR) is 133 cm³/mol. The number of rotatable bonds is 11. The maximum Gasteiger partial charge on any atom is 0.401 e. The molecule has 1 N–H and O–H groups in total. The first-order valence-electron chi connectivity index (χ1n) is 12.5. The van der Waals surface area contributed by atoms with Gasteiger partial charge in [0.15, 0.2) is 0 Å². The van der Waals surface area contributed by atoms with Crippen LogP contribution < -0.4 is 10.1 Å². The first-order valence-corrected chi connectivity index (χ1v) is 12.5. The Hall–Kier alpha value is -2.42. The van der Waals surface area contributed by atoms with E-state index in [1.165, 1.54) is 0 Å². The normalized spacial score (nSPS) is 19.9. The first kappa shape index (κ1) is 26.6. The summed E-state index contributed by atoms with van der Waals surface area (Å²) >= 11 is 0. The van der Waals surface area contributed by atoms with Crippen molar-refractivity contribution in [1.29, 1.82) is 0 Å². The van der Waals surface area contributed by atoms with Gasteiger partial charge in [0, 0.05) is 19.7 Å². The first-order chi connectivity index (χ1) is 17.3. The van der Waals surface area contributed by atoms with Crippen molar-refractivity contribution in [1.82, 2.24) is 10.2 Å². The number of methoxy groups -OCH3 is 1. The second-order valence-electron chi connectivity index (χ2n) is 9.52. The van der Waals surface area contributed by atoms with Gasteiger partial charge in [-0.15, -0.1) is 0 Å². The third-order valence-corrected chi connectivity index (χ3v) is 6.95. The topological polar surface area (TPSA) is 33.7 Å². The van der Waals surface area contributed by atoms with E-state index in [4.69, 9.17) is 9.47 Å². The highest BCUT2D eigenvalue weighted by Gasteiger charge is 2.44. The number of nitrogens with zero attached hydrogens (tertiary/aromatic N) is 1. The summed E-state index contributed by atoms with van der Waals surface area (Å²) in [4.78, 5) is 1.58. The number of halogens is 4. The van der Waals surface area contributed by atoms with Crippen molar-refractivity contribution in [3.8, 4) is 5.75 Å². The predicted octanol–water partition coefficient (Wildman–Crippen LogP) is 5.87. The van der Waals surface area contributed by atoms with Crippen LogP contribution in [-0.2, 0) is 17.8 Å². The van der Waals surface area contributed by atoms with Crippen LogP contribution >= 0.6 is 0 Å². The Morgan fingerprint density at radius 3 is 2.67 bits per heavy atom. The van der Waals surface area contributed by atoms with Gasteiger partial charge in [-0.3, -0.25) is 9.29 Å². The van der Waals surface area contributed by atoms with Crippen molar-refractivity contribution in [2.75, 3.05) is 40.0 Å². The summed E-state index contributed by atoms with van der Waals surface area (Å²) < 4.78 is 65.0. The van der Waals surface area contributed by atoms with Crippen LogP contribution in [0.5, 0.6) is 5.75 Å². The summed E-state index contributed by atoms with van der Waals surface area (Å²) in [6.07, 6.45) is -2.66. The average Bonchev–Trinajstić information content (AvgIpc) is 3.20. The lowest BCUT2D eigenvalue weighted by atomic mass is 9.83. The SMILES string of the molecule is COCc1ccc(OCCNCCCF)cc1[C@@H]1C2=C(C[C@@H](C)N1CC(F)(F)F)c1ccccc1C2. The van der Waals surface area contributed by atoms with Crippen molar-refractivity contribution >= 4 is 5.57 Å². The molecule has 4 nitrogen and oxygen atoms in total. The molecular weight excluding hydrogens is 472 g/mol. The molecule has 36 heavy (non-hydrogen) atoms. The maximum absolute atomic E-state index is 13.8. The number of nitrogens with one attached hydrogen (secondary N) is 1. The van der Waals surface area contributed by atoms with Crippen LogP contribution in [0.1, 0.15) is 48.1 Å². The summed E-state index contributed by atoms with van der Waals surface area (Å²) in [5, 5.41) is 3.12. The molecule has 0 bridgehead atoms. The van der Waals surface area contributed by atoms with Gasteiger partial charge in [0.1, 0.15) is 12.4 Å². The fourth-order valence-corrected chi connectivity index (χ4v) is 5.41. The van der Waals surface area contributed by atoms with Crippen molar-refractivity contribution in [2.45, 2.75) is 51.1 Å². The Morgan fingerprint density at radius 2 is 1.92 bits per heavy atom. The molecular formula is C28H34F4N2O2. The molecule has 2 aromatic carbocycles.